The van der Waals surface area contributed by atoms with E-state index in [9.17, 15) is 8.78 Å². The fourth-order valence-corrected chi connectivity index (χ4v) is 2.26. The number of alkyl halides is 2. The summed E-state index contributed by atoms with van der Waals surface area (Å²) in [6, 6.07) is 11.5. The molecule has 3 rings (SSSR count). The molecule has 0 bridgehead atoms. The first-order valence-corrected chi connectivity index (χ1v) is 6.63. The Balaban J connectivity index is 1.91. The van der Waals surface area contributed by atoms with Crippen LogP contribution in [0.3, 0.4) is 0 Å². The standard InChI is InChI=1S/C14H7BrF2N2O2/c15-9-2-1-8(7-18)11(5-9)19-10-3-4-12-13(6-10)21-14(16,17)20-12/h1-6,19H. The molecule has 1 heterocycles. The SMILES string of the molecule is N#Cc1ccc(Br)cc1Nc1ccc2c(c1)OC(F)(F)O2. The van der Waals surface area contributed by atoms with Crippen LogP contribution < -0.4 is 14.8 Å². The molecule has 0 spiro atoms. The number of nitrogens with zero attached hydrogens (tertiary/aromatic N) is 1. The summed E-state index contributed by atoms with van der Waals surface area (Å²) in [4.78, 5) is 0. The Bertz CT molecular complexity index is 759. The summed E-state index contributed by atoms with van der Waals surface area (Å²) in [6.07, 6.45) is -3.64. The van der Waals surface area contributed by atoms with Gasteiger partial charge >= 0.3 is 6.29 Å². The molecule has 0 atom stereocenters. The van der Waals surface area contributed by atoms with E-state index in [-0.39, 0.29) is 11.5 Å². The van der Waals surface area contributed by atoms with Crippen LogP contribution in [0.2, 0.25) is 0 Å². The Kier molecular flexibility index (Phi) is 3.18. The third-order valence-corrected chi connectivity index (χ3v) is 3.28. The van der Waals surface area contributed by atoms with Crippen molar-refractivity contribution < 1.29 is 18.3 Å². The van der Waals surface area contributed by atoms with Crippen LogP contribution in [-0.2, 0) is 0 Å². The lowest BCUT2D eigenvalue weighted by atomic mass is 10.2. The van der Waals surface area contributed by atoms with Crippen molar-refractivity contribution in [2.75, 3.05) is 5.32 Å². The smallest absolute Gasteiger partial charge is 0.395 e. The van der Waals surface area contributed by atoms with Gasteiger partial charge in [0, 0.05) is 16.2 Å². The zero-order valence-corrected chi connectivity index (χ0v) is 11.9. The van der Waals surface area contributed by atoms with Crippen molar-refractivity contribution >= 4 is 27.3 Å². The van der Waals surface area contributed by atoms with Gasteiger partial charge in [0.25, 0.3) is 0 Å². The van der Waals surface area contributed by atoms with E-state index in [1.165, 1.54) is 12.1 Å². The Morgan fingerprint density at radius 3 is 2.62 bits per heavy atom. The summed E-state index contributed by atoms with van der Waals surface area (Å²) in [6.45, 7) is 0. The summed E-state index contributed by atoms with van der Waals surface area (Å²) in [5.74, 6) is -0.0844. The molecule has 21 heavy (non-hydrogen) atoms. The van der Waals surface area contributed by atoms with Gasteiger partial charge in [-0.3, -0.25) is 0 Å². The average molecular weight is 353 g/mol. The molecule has 1 N–H and O–H groups in total. The molecule has 0 radical (unpaired) electrons. The Labute approximate surface area is 127 Å². The number of hydrogen-bond donors (Lipinski definition) is 1. The van der Waals surface area contributed by atoms with E-state index >= 15 is 0 Å². The van der Waals surface area contributed by atoms with Gasteiger partial charge in [-0.2, -0.15) is 5.26 Å². The van der Waals surface area contributed by atoms with Gasteiger partial charge in [0.15, 0.2) is 11.5 Å². The summed E-state index contributed by atoms with van der Waals surface area (Å²) in [5, 5.41) is 12.1. The molecule has 0 saturated carbocycles. The van der Waals surface area contributed by atoms with E-state index in [4.69, 9.17) is 5.26 Å². The zero-order valence-electron chi connectivity index (χ0n) is 10.4. The number of nitrogens with one attached hydrogen (secondary N) is 1. The number of ether oxygens (including phenoxy) is 2. The quantitative estimate of drug-likeness (QED) is 0.870. The van der Waals surface area contributed by atoms with Crippen LogP contribution in [0.5, 0.6) is 11.5 Å². The molecule has 4 nitrogen and oxygen atoms in total. The van der Waals surface area contributed by atoms with Crippen LogP contribution in [0.4, 0.5) is 20.2 Å². The van der Waals surface area contributed by atoms with Crippen LogP contribution in [0, 0.1) is 11.3 Å². The highest BCUT2D eigenvalue weighted by Gasteiger charge is 2.43. The van der Waals surface area contributed by atoms with Crippen molar-refractivity contribution in [1.82, 2.24) is 0 Å². The van der Waals surface area contributed by atoms with Gasteiger partial charge in [-0.15, -0.1) is 8.78 Å². The number of hydrogen-bond acceptors (Lipinski definition) is 4. The fourth-order valence-electron chi connectivity index (χ4n) is 1.90. The van der Waals surface area contributed by atoms with Gasteiger partial charge < -0.3 is 14.8 Å². The molecule has 1 aliphatic heterocycles. The molecule has 0 unspecified atom stereocenters. The Morgan fingerprint density at radius 1 is 1.10 bits per heavy atom. The number of rotatable bonds is 2. The predicted molar refractivity (Wildman–Crippen MR) is 74.8 cm³/mol. The molecule has 1 aliphatic rings. The molecule has 0 amide bonds. The normalized spacial score (nSPS) is 14.6. The van der Waals surface area contributed by atoms with Crippen LogP contribution in [0.25, 0.3) is 0 Å². The first-order valence-electron chi connectivity index (χ1n) is 5.83. The molecular formula is C14H7BrF2N2O2. The van der Waals surface area contributed by atoms with Crippen LogP contribution in [-0.4, -0.2) is 6.29 Å². The molecule has 7 heteroatoms. The average Bonchev–Trinajstić information content (AvgIpc) is 2.72. The molecular weight excluding hydrogens is 346 g/mol. The van der Waals surface area contributed by atoms with E-state index < -0.39 is 6.29 Å². The van der Waals surface area contributed by atoms with Gasteiger partial charge in [0.2, 0.25) is 0 Å². The topological polar surface area (TPSA) is 54.3 Å². The van der Waals surface area contributed by atoms with Crippen LogP contribution >= 0.6 is 15.9 Å². The van der Waals surface area contributed by atoms with E-state index in [0.717, 1.165) is 4.47 Å². The lowest BCUT2D eigenvalue weighted by molar-refractivity contribution is -0.286. The van der Waals surface area contributed by atoms with Crippen molar-refractivity contribution in [3.8, 4) is 17.6 Å². The number of fused-ring (bicyclic) bond motifs is 1. The first-order chi connectivity index (χ1) is 9.97. The van der Waals surface area contributed by atoms with Crippen LogP contribution in [0.1, 0.15) is 5.56 Å². The third-order valence-electron chi connectivity index (χ3n) is 2.78. The monoisotopic (exact) mass is 352 g/mol. The minimum absolute atomic E-state index is 0.0275. The van der Waals surface area contributed by atoms with Crippen molar-refractivity contribution in [2.24, 2.45) is 0 Å². The zero-order chi connectivity index (χ0) is 15.0. The third kappa shape index (κ3) is 2.76. The van der Waals surface area contributed by atoms with E-state index in [0.29, 0.717) is 16.9 Å². The summed E-state index contributed by atoms with van der Waals surface area (Å²) in [7, 11) is 0. The fraction of sp³-hybridized carbons (Fsp3) is 0.0714. The highest BCUT2D eigenvalue weighted by atomic mass is 79.9. The van der Waals surface area contributed by atoms with E-state index in [2.05, 4.69) is 30.7 Å². The molecule has 0 fully saturated rings. The number of halogens is 3. The molecule has 0 saturated heterocycles. The summed E-state index contributed by atoms with van der Waals surface area (Å²) >= 11 is 3.31. The van der Waals surface area contributed by atoms with Crippen molar-refractivity contribution in [1.29, 1.82) is 5.26 Å². The molecule has 0 aromatic heterocycles. The summed E-state index contributed by atoms with van der Waals surface area (Å²) < 4.78 is 35.4. The molecule has 2 aromatic rings. The van der Waals surface area contributed by atoms with Gasteiger partial charge in [0.05, 0.1) is 11.3 Å². The Morgan fingerprint density at radius 2 is 1.86 bits per heavy atom. The minimum Gasteiger partial charge on any atom is -0.395 e. The number of nitriles is 1. The Hall–Kier alpha value is -2.33. The maximum absolute atomic E-state index is 13.0. The van der Waals surface area contributed by atoms with Crippen molar-refractivity contribution in [2.45, 2.75) is 6.29 Å². The second-order valence-electron chi connectivity index (χ2n) is 4.26. The highest BCUT2D eigenvalue weighted by Crippen LogP contribution is 2.42. The highest BCUT2D eigenvalue weighted by molar-refractivity contribution is 9.10. The second-order valence-corrected chi connectivity index (χ2v) is 5.17. The molecule has 106 valence electrons. The minimum atomic E-state index is -3.64. The predicted octanol–water partition coefficient (Wildman–Crippen LogP) is 4.39. The number of anilines is 2. The maximum atomic E-state index is 13.0. The lowest BCUT2D eigenvalue weighted by Crippen LogP contribution is -2.25. The molecule has 2 aromatic carbocycles. The first kappa shape index (κ1) is 13.6. The van der Waals surface area contributed by atoms with Gasteiger partial charge in [-0.05, 0) is 30.3 Å². The van der Waals surface area contributed by atoms with Gasteiger partial charge in [0.1, 0.15) is 6.07 Å². The van der Waals surface area contributed by atoms with Crippen LogP contribution in [0.15, 0.2) is 40.9 Å². The largest absolute Gasteiger partial charge is 0.586 e. The lowest BCUT2D eigenvalue weighted by Gasteiger charge is -2.09. The van der Waals surface area contributed by atoms with E-state index in [1.807, 2.05) is 6.07 Å². The molecule has 0 aliphatic carbocycles. The van der Waals surface area contributed by atoms with Crippen molar-refractivity contribution in [3.63, 3.8) is 0 Å². The van der Waals surface area contributed by atoms with Crippen molar-refractivity contribution in [3.05, 3.63) is 46.4 Å². The second kappa shape index (κ2) is 4.90. The van der Waals surface area contributed by atoms with Gasteiger partial charge in [-0.25, -0.2) is 0 Å². The summed E-state index contributed by atoms with van der Waals surface area (Å²) in [5.41, 5.74) is 1.49. The maximum Gasteiger partial charge on any atom is 0.586 e. The van der Waals surface area contributed by atoms with Gasteiger partial charge in [-0.1, -0.05) is 15.9 Å². The number of benzene rings is 2. The van der Waals surface area contributed by atoms with E-state index in [1.54, 1.807) is 24.3 Å².